The SMILES string of the molecule is CCOC(=O)C1CCN(Cc2cccc3cc(OC4CCC(C(C)(C)C)CC4)ccc23)CC1. The molecule has 0 unspecified atom stereocenters. The van der Waals surface area contributed by atoms with Crippen LogP contribution in [0.1, 0.15) is 71.8 Å². The van der Waals surface area contributed by atoms with Gasteiger partial charge >= 0.3 is 5.97 Å². The molecule has 2 aromatic carbocycles. The van der Waals surface area contributed by atoms with Crippen LogP contribution in [0.3, 0.4) is 0 Å². The number of piperidine rings is 1. The summed E-state index contributed by atoms with van der Waals surface area (Å²) in [4.78, 5) is 14.5. The molecule has 0 aromatic heterocycles. The third-order valence-corrected chi connectivity index (χ3v) is 7.75. The Morgan fingerprint density at radius 3 is 2.39 bits per heavy atom. The van der Waals surface area contributed by atoms with Crippen molar-refractivity contribution in [3.05, 3.63) is 42.0 Å². The maximum absolute atomic E-state index is 12.0. The van der Waals surface area contributed by atoms with Crippen molar-refractivity contribution < 1.29 is 14.3 Å². The van der Waals surface area contributed by atoms with Gasteiger partial charge in [0.15, 0.2) is 0 Å². The minimum absolute atomic E-state index is 0.0262. The van der Waals surface area contributed by atoms with Crippen LogP contribution in [0.4, 0.5) is 0 Å². The number of esters is 1. The predicted octanol–water partition coefficient (Wildman–Crippen LogP) is 6.60. The number of carbonyl (C=O) groups is 1. The van der Waals surface area contributed by atoms with E-state index in [4.69, 9.17) is 9.47 Å². The van der Waals surface area contributed by atoms with E-state index in [1.165, 1.54) is 29.2 Å². The molecule has 0 N–H and O–H groups in total. The Labute approximate surface area is 199 Å². The summed E-state index contributed by atoms with van der Waals surface area (Å²) >= 11 is 0. The molecule has 1 heterocycles. The van der Waals surface area contributed by atoms with Gasteiger partial charge in [-0.25, -0.2) is 0 Å². The summed E-state index contributed by atoms with van der Waals surface area (Å²) in [5, 5.41) is 2.54. The number of likely N-dealkylation sites (tertiary alicyclic amines) is 1. The Hall–Kier alpha value is -2.07. The van der Waals surface area contributed by atoms with Gasteiger partial charge in [-0.3, -0.25) is 9.69 Å². The molecular weight excluding hydrogens is 410 g/mol. The van der Waals surface area contributed by atoms with Gasteiger partial charge in [-0.1, -0.05) is 45.0 Å². The van der Waals surface area contributed by atoms with E-state index >= 15 is 0 Å². The van der Waals surface area contributed by atoms with E-state index in [9.17, 15) is 4.79 Å². The van der Waals surface area contributed by atoms with Crippen molar-refractivity contribution in [1.29, 1.82) is 0 Å². The minimum Gasteiger partial charge on any atom is -0.490 e. The van der Waals surface area contributed by atoms with Crippen LogP contribution in [-0.2, 0) is 16.1 Å². The number of rotatable bonds is 6. The summed E-state index contributed by atoms with van der Waals surface area (Å²) in [6.07, 6.45) is 6.95. The fourth-order valence-corrected chi connectivity index (χ4v) is 5.61. The van der Waals surface area contributed by atoms with Crippen LogP contribution in [0.15, 0.2) is 36.4 Å². The lowest BCUT2D eigenvalue weighted by Crippen LogP contribution is -2.36. The normalized spacial score (nSPS) is 22.9. The maximum Gasteiger partial charge on any atom is 0.309 e. The smallest absolute Gasteiger partial charge is 0.309 e. The Morgan fingerprint density at radius 1 is 1.00 bits per heavy atom. The first-order valence-corrected chi connectivity index (χ1v) is 12.9. The average molecular weight is 452 g/mol. The van der Waals surface area contributed by atoms with Gasteiger partial charge in [0.25, 0.3) is 0 Å². The summed E-state index contributed by atoms with van der Waals surface area (Å²) in [5.74, 6) is 1.83. The molecule has 0 radical (unpaired) electrons. The summed E-state index contributed by atoms with van der Waals surface area (Å²) in [6, 6.07) is 13.2. The van der Waals surface area contributed by atoms with E-state index in [1.807, 2.05) is 6.92 Å². The highest BCUT2D eigenvalue weighted by molar-refractivity contribution is 5.87. The number of benzene rings is 2. The molecule has 4 rings (SSSR count). The molecule has 0 amide bonds. The van der Waals surface area contributed by atoms with Gasteiger partial charge in [0.05, 0.1) is 18.6 Å². The molecule has 2 aliphatic rings. The molecule has 1 saturated heterocycles. The summed E-state index contributed by atoms with van der Waals surface area (Å²) < 4.78 is 11.6. The van der Waals surface area contributed by atoms with E-state index in [2.05, 4.69) is 62.1 Å². The summed E-state index contributed by atoms with van der Waals surface area (Å²) in [7, 11) is 0. The van der Waals surface area contributed by atoms with Gasteiger partial charge in [-0.15, -0.1) is 0 Å². The zero-order valence-corrected chi connectivity index (χ0v) is 20.9. The second kappa shape index (κ2) is 10.5. The van der Waals surface area contributed by atoms with Crippen molar-refractivity contribution >= 4 is 16.7 Å². The molecule has 2 aromatic rings. The number of hydrogen-bond acceptors (Lipinski definition) is 4. The minimum atomic E-state index is -0.0262. The van der Waals surface area contributed by atoms with Crippen molar-refractivity contribution in [2.75, 3.05) is 19.7 Å². The Morgan fingerprint density at radius 2 is 1.73 bits per heavy atom. The van der Waals surface area contributed by atoms with Crippen LogP contribution in [-0.4, -0.2) is 36.7 Å². The lowest BCUT2D eigenvalue weighted by atomic mass is 9.72. The van der Waals surface area contributed by atoms with Crippen LogP contribution < -0.4 is 4.74 Å². The highest BCUT2D eigenvalue weighted by Crippen LogP contribution is 2.39. The van der Waals surface area contributed by atoms with Crippen molar-refractivity contribution in [2.24, 2.45) is 17.3 Å². The molecule has 0 spiro atoms. The topological polar surface area (TPSA) is 38.8 Å². The molecule has 0 bridgehead atoms. The highest BCUT2D eigenvalue weighted by atomic mass is 16.5. The molecule has 4 nitrogen and oxygen atoms in total. The van der Waals surface area contributed by atoms with Crippen molar-refractivity contribution in [3.63, 3.8) is 0 Å². The number of nitrogens with zero attached hydrogens (tertiary/aromatic N) is 1. The van der Waals surface area contributed by atoms with Crippen molar-refractivity contribution in [3.8, 4) is 5.75 Å². The third-order valence-electron chi connectivity index (χ3n) is 7.75. The largest absolute Gasteiger partial charge is 0.490 e. The summed E-state index contributed by atoms with van der Waals surface area (Å²) in [6.45, 7) is 12.2. The molecule has 180 valence electrons. The van der Waals surface area contributed by atoms with Gasteiger partial charge in [-0.2, -0.15) is 0 Å². The lowest BCUT2D eigenvalue weighted by Gasteiger charge is -2.37. The zero-order chi connectivity index (χ0) is 23.4. The standard InChI is InChI=1S/C29H41NO3/c1-5-32-28(31)21-15-17-30(18-16-21)20-23-8-6-7-22-19-26(13-14-27(22)23)33-25-11-9-24(10-12-25)29(2,3)4/h6-8,13-14,19,21,24-25H,5,9-12,15-18,20H2,1-4H3. The van der Waals surface area contributed by atoms with Crippen molar-refractivity contribution in [1.82, 2.24) is 4.90 Å². The Kier molecular flexibility index (Phi) is 7.63. The first-order valence-electron chi connectivity index (χ1n) is 12.9. The van der Waals surface area contributed by atoms with Gasteiger partial charge in [0, 0.05) is 6.54 Å². The molecule has 1 saturated carbocycles. The molecular formula is C29H41NO3. The van der Waals surface area contributed by atoms with Crippen LogP contribution >= 0.6 is 0 Å². The molecule has 0 atom stereocenters. The molecule has 1 aliphatic heterocycles. The quantitative estimate of drug-likeness (QED) is 0.464. The number of hydrogen-bond donors (Lipinski definition) is 0. The fourth-order valence-electron chi connectivity index (χ4n) is 5.61. The first kappa shape index (κ1) is 24.1. The van der Waals surface area contributed by atoms with E-state index in [-0.39, 0.29) is 11.9 Å². The molecule has 4 heteroatoms. The van der Waals surface area contributed by atoms with E-state index in [1.54, 1.807) is 0 Å². The van der Waals surface area contributed by atoms with E-state index in [0.717, 1.165) is 57.0 Å². The lowest BCUT2D eigenvalue weighted by molar-refractivity contribution is -0.149. The molecule has 33 heavy (non-hydrogen) atoms. The van der Waals surface area contributed by atoms with E-state index in [0.29, 0.717) is 18.1 Å². The van der Waals surface area contributed by atoms with Gasteiger partial charge < -0.3 is 9.47 Å². The van der Waals surface area contributed by atoms with E-state index < -0.39 is 0 Å². The van der Waals surface area contributed by atoms with Crippen LogP contribution in [0.25, 0.3) is 10.8 Å². The second-order valence-corrected chi connectivity index (χ2v) is 11.1. The molecule has 1 aliphatic carbocycles. The van der Waals surface area contributed by atoms with Gasteiger partial charge in [0.1, 0.15) is 5.75 Å². The average Bonchev–Trinajstić information content (AvgIpc) is 2.79. The number of carbonyl (C=O) groups excluding carboxylic acids is 1. The number of ether oxygens (including phenoxy) is 2. The number of fused-ring (bicyclic) bond motifs is 1. The Bertz CT molecular complexity index is 932. The first-order chi connectivity index (χ1) is 15.8. The second-order valence-electron chi connectivity index (χ2n) is 11.1. The van der Waals surface area contributed by atoms with Gasteiger partial charge in [0.2, 0.25) is 0 Å². The van der Waals surface area contributed by atoms with Crippen LogP contribution in [0, 0.1) is 17.3 Å². The highest BCUT2D eigenvalue weighted by Gasteiger charge is 2.30. The maximum atomic E-state index is 12.0. The Balaban J connectivity index is 1.36. The monoisotopic (exact) mass is 451 g/mol. The fraction of sp³-hybridized carbons (Fsp3) is 0.621. The summed E-state index contributed by atoms with van der Waals surface area (Å²) in [5.41, 5.74) is 1.75. The third kappa shape index (κ3) is 6.09. The zero-order valence-electron chi connectivity index (χ0n) is 20.9. The molecule has 2 fully saturated rings. The van der Waals surface area contributed by atoms with Crippen molar-refractivity contribution in [2.45, 2.75) is 78.9 Å². The van der Waals surface area contributed by atoms with Gasteiger partial charge in [-0.05, 0) is 98.3 Å². The van der Waals surface area contributed by atoms with Crippen LogP contribution in [0.2, 0.25) is 0 Å². The predicted molar refractivity (Wildman–Crippen MR) is 134 cm³/mol. The van der Waals surface area contributed by atoms with Crippen LogP contribution in [0.5, 0.6) is 5.75 Å².